The van der Waals surface area contributed by atoms with E-state index in [0.29, 0.717) is 5.75 Å². The number of fused-ring (bicyclic) bond motifs is 1. The molecule has 8 heteroatoms. The highest BCUT2D eigenvalue weighted by atomic mass is 16.6. The van der Waals surface area contributed by atoms with E-state index in [1.807, 2.05) is 36.4 Å². The summed E-state index contributed by atoms with van der Waals surface area (Å²) in [7, 11) is 0. The van der Waals surface area contributed by atoms with Gasteiger partial charge in [-0.3, -0.25) is 14.9 Å². The van der Waals surface area contributed by atoms with Crippen molar-refractivity contribution < 1.29 is 19.6 Å². The summed E-state index contributed by atoms with van der Waals surface area (Å²) in [6.45, 7) is 1.58. The number of amides is 1. The van der Waals surface area contributed by atoms with Crippen LogP contribution >= 0.6 is 0 Å². The molecule has 0 saturated carbocycles. The van der Waals surface area contributed by atoms with Gasteiger partial charge in [-0.25, -0.2) is 5.43 Å². The van der Waals surface area contributed by atoms with Crippen molar-refractivity contribution in [1.82, 2.24) is 5.43 Å². The number of ether oxygens (including phenoxy) is 1. The Hall–Kier alpha value is -3.94. The summed E-state index contributed by atoms with van der Waals surface area (Å²) in [4.78, 5) is 22.4. The van der Waals surface area contributed by atoms with Gasteiger partial charge in [0.05, 0.1) is 11.1 Å². The number of nitro groups is 1. The first-order valence-corrected chi connectivity index (χ1v) is 8.40. The maximum Gasteiger partial charge on any atom is 0.280 e. The lowest BCUT2D eigenvalue weighted by molar-refractivity contribution is -0.384. The van der Waals surface area contributed by atoms with Gasteiger partial charge in [0, 0.05) is 23.1 Å². The molecule has 0 radical (unpaired) electrons. The number of benzene rings is 3. The van der Waals surface area contributed by atoms with Crippen LogP contribution in [-0.4, -0.2) is 28.3 Å². The van der Waals surface area contributed by atoms with Gasteiger partial charge >= 0.3 is 0 Å². The Labute approximate surface area is 160 Å². The zero-order valence-electron chi connectivity index (χ0n) is 14.9. The summed E-state index contributed by atoms with van der Waals surface area (Å²) >= 11 is 0. The molecule has 3 aromatic rings. The first-order chi connectivity index (χ1) is 13.5. The lowest BCUT2D eigenvalue weighted by Crippen LogP contribution is -2.33. The largest absolute Gasteiger partial charge is 0.507 e. The van der Waals surface area contributed by atoms with Crippen molar-refractivity contribution in [3.8, 4) is 11.5 Å². The smallest absolute Gasteiger partial charge is 0.280 e. The van der Waals surface area contributed by atoms with Crippen LogP contribution in [0.3, 0.4) is 0 Å². The van der Waals surface area contributed by atoms with E-state index in [1.54, 1.807) is 13.0 Å². The number of hydrogen-bond donors (Lipinski definition) is 2. The summed E-state index contributed by atoms with van der Waals surface area (Å²) in [5.41, 5.74) is 2.21. The second-order valence-electron chi connectivity index (χ2n) is 5.97. The zero-order chi connectivity index (χ0) is 20.1. The molecular weight excluding hydrogens is 362 g/mol. The highest BCUT2D eigenvalue weighted by Crippen LogP contribution is 2.26. The van der Waals surface area contributed by atoms with Gasteiger partial charge in [-0.05, 0) is 24.4 Å². The molecule has 8 nitrogen and oxygen atoms in total. The lowest BCUT2D eigenvalue weighted by Gasteiger charge is -2.14. The predicted octanol–water partition coefficient (Wildman–Crippen LogP) is 3.37. The van der Waals surface area contributed by atoms with E-state index in [4.69, 9.17) is 4.74 Å². The number of carbonyl (C=O) groups excluding carboxylic acids is 1. The van der Waals surface area contributed by atoms with Crippen molar-refractivity contribution in [3.05, 3.63) is 76.3 Å². The molecule has 3 rings (SSSR count). The van der Waals surface area contributed by atoms with E-state index in [2.05, 4.69) is 10.5 Å². The molecule has 1 atom stereocenters. The van der Waals surface area contributed by atoms with E-state index in [-0.39, 0.29) is 17.0 Å². The molecule has 1 amide bonds. The molecule has 142 valence electrons. The van der Waals surface area contributed by atoms with Crippen LogP contribution in [0.5, 0.6) is 11.5 Å². The number of hydrazone groups is 1. The van der Waals surface area contributed by atoms with Crippen LogP contribution in [0.4, 0.5) is 5.69 Å². The molecule has 0 aromatic heterocycles. The summed E-state index contributed by atoms with van der Waals surface area (Å²) in [6.07, 6.45) is 0.298. The Bertz CT molecular complexity index is 1060. The van der Waals surface area contributed by atoms with Gasteiger partial charge in [0.1, 0.15) is 11.5 Å². The van der Waals surface area contributed by atoms with Crippen molar-refractivity contribution in [2.75, 3.05) is 0 Å². The molecular formula is C20H17N3O5. The van der Waals surface area contributed by atoms with Gasteiger partial charge in [-0.2, -0.15) is 5.10 Å². The van der Waals surface area contributed by atoms with Gasteiger partial charge < -0.3 is 9.84 Å². The van der Waals surface area contributed by atoms with Crippen molar-refractivity contribution in [3.63, 3.8) is 0 Å². The lowest BCUT2D eigenvalue weighted by atomic mass is 10.1. The SMILES string of the molecule is C[C@H](Oc1cccc2ccccc12)C(=O)N/N=C/c1cc([N+](=O)[O-])ccc1O. The Morgan fingerprint density at radius 2 is 1.96 bits per heavy atom. The first-order valence-electron chi connectivity index (χ1n) is 8.40. The third kappa shape index (κ3) is 4.24. The van der Waals surface area contributed by atoms with Crippen molar-refractivity contribution in [2.45, 2.75) is 13.0 Å². The number of nitrogens with zero attached hydrogens (tertiary/aromatic N) is 2. The van der Waals surface area contributed by atoms with E-state index >= 15 is 0 Å². The average Bonchev–Trinajstić information content (AvgIpc) is 2.69. The van der Waals surface area contributed by atoms with Gasteiger partial charge in [0.2, 0.25) is 0 Å². The molecule has 0 aliphatic carbocycles. The topological polar surface area (TPSA) is 114 Å². The van der Waals surface area contributed by atoms with Crippen LogP contribution in [0, 0.1) is 10.1 Å². The fourth-order valence-corrected chi connectivity index (χ4v) is 2.56. The maximum atomic E-state index is 12.2. The molecule has 0 fully saturated rings. The standard InChI is InChI=1S/C20H17N3O5/c1-13(28-19-8-4-6-14-5-2-3-7-17(14)19)20(25)22-21-12-15-11-16(23(26)27)9-10-18(15)24/h2-13,24H,1H3,(H,22,25)/b21-12+/t13-/m0/s1. The molecule has 0 spiro atoms. The summed E-state index contributed by atoms with van der Waals surface area (Å²) in [5.74, 6) is -0.126. The molecule has 2 N–H and O–H groups in total. The predicted molar refractivity (Wildman–Crippen MR) is 105 cm³/mol. The van der Waals surface area contributed by atoms with Gasteiger partial charge in [-0.1, -0.05) is 36.4 Å². The number of nitrogens with one attached hydrogen (secondary N) is 1. The summed E-state index contributed by atoms with van der Waals surface area (Å²) in [6, 6.07) is 16.7. The van der Waals surface area contributed by atoms with Crippen LogP contribution in [0.1, 0.15) is 12.5 Å². The second kappa shape index (κ2) is 8.17. The number of non-ortho nitro benzene ring substituents is 1. The Morgan fingerprint density at radius 1 is 1.21 bits per heavy atom. The highest BCUT2D eigenvalue weighted by molar-refractivity contribution is 5.89. The molecule has 0 aliphatic rings. The van der Waals surface area contributed by atoms with Gasteiger partial charge in [0.15, 0.2) is 6.10 Å². The second-order valence-corrected chi connectivity index (χ2v) is 5.97. The fourth-order valence-electron chi connectivity index (χ4n) is 2.56. The molecule has 0 aliphatic heterocycles. The molecule has 0 saturated heterocycles. The van der Waals surface area contributed by atoms with Crippen LogP contribution in [0.15, 0.2) is 65.8 Å². The van der Waals surface area contributed by atoms with E-state index in [0.717, 1.165) is 23.1 Å². The van der Waals surface area contributed by atoms with Crippen LogP contribution in [-0.2, 0) is 4.79 Å². The van der Waals surface area contributed by atoms with Gasteiger partial charge in [0.25, 0.3) is 11.6 Å². The summed E-state index contributed by atoms with van der Waals surface area (Å²) < 4.78 is 5.74. The van der Waals surface area contributed by atoms with Crippen LogP contribution in [0.2, 0.25) is 0 Å². The molecule has 0 heterocycles. The van der Waals surface area contributed by atoms with E-state index < -0.39 is 16.9 Å². The number of phenols is 1. The molecule has 0 unspecified atom stereocenters. The minimum atomic E-state index is -0.832. The van der Waals surface area contributed by atoms with Crippen molar-refractivity contribution in [2.24, 2.45) is 5.10 Å². The van der Waals surface area contributed by atoms with Crippen LogP contribution in [0.25, 0.3) is 10.8 Å². The number of rotatable bonds is 6. The zero-order valence-corrected chi connectivity index (χ0v) is 14.9. The number of phenolic OH excluding ortho intramolecular Hbond substituents is 1. The van der Waals surface area contributed by atoms with E-state index in [1.165, 1.54) is 12.1 Å². The third-order valence-electron chi connectivity index (χ3n) is 4.02. The first kappa shape index (κ1) is 18.8. The highest BCUT2D eigenvalue weighted by Gasteiger charge is 2.15. The van der Waals surface area contributed by atoms with E-state index in [9.17, 15) is 20.0 Å². The van der Waals surface area contributed by atoms with Gasteiger partial charge in [-0.15, -0.1) is 0 Å². The molecule has 28 heavy (non-hydrogen) atoms. The molecule has 0 bridgehead atoms. The number of hydrogen-bond acceptors (Lipinski definition) is 6. The maximum absolute atomic E-state index is 12.2. The Morgan fingerprint density at radius 3 is 2.75 bits per heavy atom. The minimum Gasteiger partial charge on any atom is -0.507 e. The minimum absolute atomic E-state index is 0.108. The quantitative estimate of drug-likeness (QED) is 0.387. The summed E-state index contributed by atoms with van der Waals surface area (Å²) in [5, 5.41) is 26.1. The van der Waals surface area contributed by atoms with Crippen molar-refractivity contribution >= 4 is 28.6 Å². The van der Waals surface area contributed by atoms with Crippen LogP contribution < -0.4 is 10.2 Å². The van der Waals surface area contributed by atoms with Crippen molar-refractivity contribution in [1.29, 1.82) is 0 Å². The Balaban J connectivity index is 1.67. The third-order valence-corrected chi connectivity index (χ3v) is 4.02. The molecule has 3 aromatic carbocycles. The number of aromatic hydroxyl groups is 1. The average molecular weight is 379 g/mol. The normalized spacial score (nSPS) is 12.0. The number of nitro benzene ring substituents is 1. The number of carbonyl (C=O) groups is 1. The Kier molecular flexibility index (Phi) is 5.50. The monoisotopic (exact) mass is 379 g/mol. The fraction of sp³-hybridized carbons (Fsp3) is 0.100.